The molecule has 0 amide bonds. The summed E-state index contributed by atoms with van der Waals surface area (Å²) in [6, 6.07) is 9.95. The highest BCUT2D eigenvalue weighted by Gasteiger charge is 2.22. The van der Waals surface area contributed by atoms with Crippen molar-refractivity contribution in [1.29, 1.82) is 0 Å². The van der Waals surface area contributed by atoms with E-state index in [0.717, 1.165) is 32.7 Å². The summed E-state index contributed by atoms with van der Waals surface area (Å²) in [6.07, 6.45) is 0.939. The molecule has 1 heterocycles. The lowest BCUT2D eigenvalue weighted by molar-refractivity contribution is 0.495. The lowest BCUT2D eigenvalue weighted by Gasteiger charge is -2.26. The van der Waals surface area contributed by atoms with E-state index >= 15 is 0 Å². The van der Waals surface area contributed by atoms with Crippen LogP contribution in [0.2, 0.25) is 0 Å². The molecule has 0 aromatic heterocycles. The number of hydrogen-bond acceptors (Lipinski definition) is 2. The Morgan fingerprint density at radius 3 is 2.95 bits per heavy atom. The Hall–Kier alpha value is -0.910. The molecular weight excluding hydrogens is 356 g/mol. The summed E-state index contributed by atoms with van der Waals surface area (Å²) in [5.41, 5.74) is 1.87. The molecule has 1 N–H and O–H groups in total. The van der Waals surface area contributed by atoms with Gasteiger partial charge in [-0.1, -0.05) is 28.1 Å². The fraction of sp³-hybridized carbons (Fsp3) is 0.250. The van der Waals surface area contributed by atoms with Crippen LogP contribution in [0.15, 0.2) is 45.8 Å². The molecular formula is C16H14BrF2NS. The third-order valence-electron chi connectivity index (χ3n) is 3.57. The van der Waals surface area contributed by atoms with E-state index < -0.39 is 0 Å². The Morgan fingerprint density at radius 1 is 1.24 bits per heavy atom. The van der Waals surface area contributed by atoms with Gasteiger partial charge in [0.25, 0.3) is 0 Å². The average Bonchev–Trinajstić information content (AvgIpc) is 2.49. The minimum absolute atomic E-state index is 0.104. The molecule has 0 spiro atoms. The van der Waals surface area contributed by atoms with Crippen LogP contribution in [0.25, 0.3) is 0 Å². The Kier molecular flexibility index (Phi) is 4.62. The van der Waals surface area contributed by atoms with Gasteiger partial charge < -0.3 is 5.32 Å². The van der Waals surface area contributed by atoms with Gasteiger partial charge in [-0.25, -0.2) is 8.78 Å². The zero-order valence-electron chi connectivity index (χ0n) is 11.2. The van der Waals surface area contributed by atoms with Gasteiger partial charge in [-0.05, 0) is 47.6 Å². The molecule has 1 atom stereocenters. The molecule has 1 aliphatic heterocycles. The Bertz CT molecular complexity index is 663. The van der Waals surface area contributed by atoms with Gasteiger partial charge in [0.2, 0.25) is 0 Å². The monoisotopic (exact) mass is 369 g/mol. The first-order valence-corrected chi connectivity index (χ1v) is 8.51. The van der Waals surface area contributed by atoms with Crippen molar-refractivity contribution in [3.63, 3.8) is 0 Å². The SMILES string of the molecule is Fc1ccc(Br)c(CNC2CCSc3c(F)cccc32)c1. The van der Waals surface area contributed by atoms with Crippen LogP contribution >= 0.6 is 27.7 Å². The first-order valence-electron chi connectivity index (χ1n) is 6.73. The summed E-state index contributed by atoms with van der Waals surface area (Å²) in [4.78, 5) is 0.736. The van der Waals surface area contributed by atoms with Crippen molar-refractivity contribution in [2.75, 3.05) is 5.75 Å². The molecule has 0 fully saturated rings. The maximum atomic E-state index is 13.8. The van der Waals surface area contributed by atoms with Gasteiger partial charge >= 0.3 is 0 Å². The summed E-state index contributed by atoms with van der Waals surface area (Å²) in [5.74, 6) is 0.479. The van der Waals surface area contributed by atoms with Gasteiger partial charge in [-0.3, -0.25) is 0 Å². The predicted molar refractivity (Wildman–Crippen MR) is 85.4 cm³/mol. The average molecular weight is 370 g/mol. The van der Waals surface area contributed by atoms with Gasteiger partial charge in [-0.15, -0.1) is 11.8 Å². The summed E-state index contributed by atoms with van der Waals surface area (Å²) in [6.45, 7) is 0.545. The van der Waals surface area contributed by atoms with Crippen molar-refractivity contribution in [3.05, 3.63) is 63.6 Å². The minimum atomic E-state index is -0.249. The Balaban J connectivity index is 1.78. The number of fused-ring (bicyclic) bond motifs is 1. The van der Waals surface area contributed by atoms with E-state index in [1.807, 2.05) is 6.07 Å². The molecule has 1 nitrogen and oxygen atoms in total. The summed E-state index contributed by atoms with van der Waals surface area (Å²) in [5, 5.41) is 3.41. The van der Waals surface area contributed by atoms with Gasteiger partial charge in [0.1, 0.15) is 11.6 Å². The largest absolute Gasteiger partial charge is 0.306 e. The lowest BCUT2D eigenvalue weighted by atomic mass is 10.0. The molecule has 1 aliphatic rings. The predicted octanol–water partition coefficient (Wildman–Crippen LogP) is 5.05. The number of nitrogens with one attached hydrogen (secondary N) is 1. The van der Waals surface area contributed by atoms with Crippen molar-refractivity contribution < 1.29 is 8.78 Å². The zero-order chi connectivity index (χ0) is 14.8. The fourth-order valence-electron chi connectivity index (χ4n) is 2.51. The third kappa shape index (κ3) is 3.30. The molecule has 2 aromatic carbocycles. The van der Waals surface area contributed by atoms with Crippen LogP contribution in [0.3, 0.4) is 0 Å². The molecule has 0 saturated heterocycles. The van der Waals surface area contributed by atoms with Crippen molar-refractivity contribution in [2.24, 2.45) is 0 Å². The minimum Gasteiger partial charge on any atom is -0.306 e. The van der Waals surface area contributed by atoms with Crippen molar-refractivity contribution in [1.82, 2.24) is 5.32 Å². The summed E-state index contributed by atoms with van der Waals surface area (Å²) in [7, 11) is 0. The van der Waals surface area contributed by atoms with Gasteiger partial charge in [0, 0.05) is 22.0 Å². The maximum absolute atomic E-state index is 13.8. The van der Waals surface area contributed by atoms with E-state index in [1.165, 1.54) is 18.2 Å². The van der Waals surface area contributed by atoms with Crippen molar-refractivity contribution >= 4 is 27.7 Å². The molecule has 21 heavy (non-hydrogen) atoms. The Labute approximate surface area is 135 Å². The van der Waals surface area contributed by atoms with Crippen LogP contribution < -0.4 is 5.32 Å². The normalized spacial score (nSPS) is 17.6. The van der Waals surface area contributed by atoms with Crippen molar-refractivity contribution in [2.45, 2.75) is 23.9 Å². The molecule has 0 aliphatic carbocycles. The molecule has 2 aromatic rings. The fourth-order valence-corrected chi connectivity index (χ4v) is 4.04. The van der Waals surface area contributed by atoms with E-state index in [-0.39, 0.29) is 17.7 Å². The molecule has 5 heteroatoms. The molecule has 110 valence electrons. The highest BCUT2D eigenvalue weighted by molar-refractivity contribution is 9.10. The van der Waals surface area contributed by atoms with Gasteiger partial charge in [0.15, 0.2) is 0 Å². The molecule has 0 saturated carbocycles. The van der Waals surface area contributed by atoms with Crippen LogP contribution in [0.5, 0.6) is 0 Å². The third-order valence-corrected chi connectivity index (χ3v) is 5.51. The summed E-state index contributed by atoms with van der Waals surface area (Å²) < 4.78 is 28.0. The highest BCUT2D eigenvalue weighted by atomic mass is 79.9. The van der Waals surface area contributed by atoms with Crippen LogP contribution in [0.1, 0.15) is 23.6 Å². The molecule has 3 rings (SSSR count). The van der Waals surface area contributed by atoms with E-state index in [4.69, 9.17) is 0 Å². The first kappa shape index (κ1) is 15.0. The summed E-state index contributed by atoms with van der Waals surface area (Å²) >= 11 is 4.99. The van der Waals surface area contributed by atoms with E-state index in [2.05, 4.69) is 21.2 Å². The van der Waals surface area contributed by atoms with Crippen molar-refractivity contribution in [3.8, 4) is 0 Å². The second kappa shape index (κ2) is 6.46. The number of hydrogen-bond donors (Lipinski definition) is 1. The molecule has 0 bridgehead atoms. The number of thioether (sulfide) groups is 1. The number of rotatable bonds is 3. The quantitative estimate of drug-likeness (QED) is 0.811. The Morgan fingerprint density at radius 2 is 2.10 bits per heavy atom. The zero-order valence-corrected chi connectivity index (χ0v) is 13.6. The molecule has 1 unspecified atom stereocenters. The first-order chi connectivity index (χ1) is 10.1. The molecule has 0 radical (unpaired) electrons. The highest BCUT2D eigenvalue weighted by Crippen LogP contribution is 2.37. The van der Waals surface area contributed by atoms with E-state index in [0.29, 0.717) is 6.54 Å². The maximum Gasteiger partial charge on any atom is 0.137 e. The van der Waals surface area contributed by atoms with E-state index in [1.54, 1.807) is 23.9 Å². The standard InChI is InChI=1S/C16H14BrF2NS/c17-13-5-4-11(18)8-10(13)9-20-15-6-7-21-16-12(15)2-1-3-14(16)19/h1-5,8,15,20H,6-7,9H2. The second-order valence-corrected chi connectivity index (χ2v) is 6.92. The smallest absolute Gasteiger partial charge is 0.137 e. The van der Waals surface area contributed by atoms with Crippen LogP contribution in [-0.4, -0.2) is 5.75 Å². The lowest BCUT2D eigenvalue weighted by Crippen LogP contribution is -2.24. The van der Waals surface area contributed by atoms with Crippen LogP contribution in [0.4, 0.5) is 8.78 Å². The second-order valence-electron chi connectivity index (χ2n) is 4.96. The number of halogens is 3. The van der Waals surface area contributed by atoms with Gasteiger partial charge in [-0.2, -0.15) is 0 Å². The number of benzene rings is 2. The topological polar surface area (TPSA) is 12.0 Å². The van der Waals surface area contributed by atoms with Crippen LogP contribution in [0, 0.1) is 11.6 Å². The van der Waals surface area contributed by atoms with Crippen LogP contribution in [-0.2, 0) is 6.54 Å². The van der Waals surface area contributed by atoms with Gasteiger partial charge in [0.05, 0.1) is 0 Å². The van der Waals surface area contributed by atoms with E-state index in [9.17, 15) is 8.78 Å².